The van der Waals surface area contributed by atoms with Crippen LogP contribution in [0.1, 0.15) is 15.9 Å². The van der Waals surface area contributed by atoms with Crippen LogP contribution in [-0.4, -0.2) is 29.1 Å². The number of benzene rings is 1. The van der Waals surface area contributed by atoms with Crippen LogP contribution in [0.3, 0.4) is 0 Å². The zero-order chi connectivity index (χ0) is 16.1. The standard InChI is InChI=1S/C15H15N3O4/c1-9-3-4-10(14(19)20)7-12(9)22-11-5-6-17-13(8-11)18-15(21)16-2/h3-8H,1-2H3,(H,19,20)(H2,16,17,18,21). The number of ether oxygens (including phenoxy) is 1. The molecular formula is C15H15N3O4. The van der Waals surface area contributed by atoms with Gasteiger partial charge in [-0.15, -0.1) is 0 Å². The fraction of sp³-hybridized carbons (Fsp3) is 0.133. The van der Waals surface area contributed by atoms with Gasteiger partial charge in [-0.3, -0.25) is 5.32 Å². The number of aryl methyl sites for hydroxylation is 1. The monoisotopic (exact) mass is 301 g/mol. The maximum absolute atomic E-state index is 11.3. The van der Waals surface area contributed by atoms with Gasteiger partial charge in [0.2, 0.25) is 0 Å². The van der Waals surface area contributed by atoms with Crippen LogP contribution in [0.15, 0.2) is 36.5 Å². The number of carbonyl (C=O) groups excluding carboxylic acids is 1. The number of hydrogen-bond acceptors (Lipinski definition) is 4. The van der Waals surface area contributed by atoms with Crippen LogP contribution in [-0.2, 0) is 0 Å². The molecule has 1 aromatic carbocycles. The molecule has 0 aliphatic rings. The van der Waals surface area contributed by atoms with E-state index in [2.05, 4.69) is 15.6 Å². The van der Waals surface area contributed by atoms with Gasteiger partial charge in [-0.25, -0.2) is 14.6 Å². The van der Waals surface area contributed by atoms with Gasteiger partial charge in [-0.05, 0) is 30.7 Å². The molecule has 2 rings (SSSR count). The summed E-state index contributed by atoms with van der Waals surface area (Å²) in [4.78, 5) is 26.3. The summed E-state index contributed by atoms with van der Waals surface area (Å²) < 4.78 is 5.68. The van der Waals surface area contributed by atoms with Crippen molar-refractivity contribution >= 4 is 17.8 Å². The Morgan fingerprint density at radius 1 is 1.23 bits per heavy atom. The number of nitrogens with one attached hydrogen (secondary N) is 2. The third-order valence-corrected chi connectivity index (χ3v) is 2.86. The van der Waals surface area contributed by atoms with Crippen LogP contribution >= 0.6 is 0 Å². The molecule has 7 nitrogen and oxygen atoms in total. The van der Waals surface area contributed by atoms with Crippen LogP contribution in [0.25, 0.3) is 0 Å². The Hall–Kier alpha value is -3.09. The molecule has 0 fully saturated rings. The number of rotatable bonds is 4. The van der Waals surface area contributed by atoms with Crippen molar-refractivity contribution in [2.45, 2.75) is 6.92 Å². The Bertz CT molecular complexity index is 716. The van der Waals surface area contributed by atoms with Crippen LogP contribution < -0.4 is 15.4 Å². The Morgan fingerprint density at radius 2 is 2.00 bits per heavy atom. The molecule has 0 unspecified atom stereocenters. The van der Waals surface area contributed by atoms with Crippen molar-refractivity contribution in [1.29, 1.82) is 0 Å². The Morgan fingerprint density at radius 3 is 2.68 bits per heavy atom. The fourth-order valence-corrected chi connectivity index (χ4v) is 1.69. The number of urea groups is 1. The number of anilines is 1. The number of aromatic nitrogens is 1. The molecule has 0 atom stereocenters. The van der Waals surface area contributed by atoms with E-state index in [1.807, 2.05) is 6.92 Å². The van der Waals surface area contributed by atoms with Crippen LogP contribution in [0.4, 0.5) is 10.6 Å². The van der Waals surface area contributed by atoms with Gasteiger partial charge < -0.3 is 15.2 Å². The third-order valence-electron chi connectivity index (χ3n) is 2.86. The van der Waals surface area contributed by atoms with Gasteiger partial charge in [0.25, 0.3) is 0 Å². The Balaban J connectivity index is 2.23. The topological polar surface area (TPSA) is 101 Å². The minimum atomic E-state index is -1.03. The highest BCUT2D eigenvalue weighted by Gasteiger charge is 2.09. The average Bonchev–Trinajstić information content (AvgIpc) is 2.49. The third kappa shape index (κ3) is 3.72. The molecule has 2 amide bonds. The van der Waals surface area contributed by atoms with E-state index in [9.17, 15) is 9.59 Å². The van der Waals surface area contributed by atoms with E-state index in [0.717, 1.165) is 5.56 Å². The number of carboxylic acids is 1. The quantitative estimate of drug-likeness (QED) is 0.806. The molecule has 0 saturated heterocycles. The highest BCUT2D eigenvalue weighted by atomic mass is 16.5. The smallest absolute Gasteiger partial charge is 0.335 e. The number of aromatic carboxylic acids is 1. The lowest BCUT2D eigenvalue weighted by molar-refractivity contribution is 0.0696. The lowest BCUT2D eigenvalue weighted by Crippen LogP contribution is -2.24. The first-order valence-corrected chi connectivity index (χ1v) is 6.46. The van der Waals surface area contributed by atoms with Crippen LogP contribution in [0, 0.1) is 6.92 Å². The van der Waals surface area contributed by atoms with E-state index < -0.39 is 12.0 Å². The normalized spacial score (nSPS) is 9.91. The summed E-state index contributed by atoms with van der Waals surface area (Å²) in [5.41, 5.74) is 0.931. The molecule has 0 radical (unpaired) electrons. The van der Waals surface area contributed by atoms with E-state index >= 15 is 0 Å². The van der Waals surface area contributed by atoms with E-state index in [1.165, 1.54) is 25.4 Å². The molecular weight excluding hydrogens is 286 g/mol. The molecule has 0 bridgehead atoms. The van der Waals surface area contributed by atoms with Crippen molar-refractivity contribution in [2.24, 2.45) is 0 Å². The van der Waals surface area contributed by atoms with Gasteiger partial charge >= 0.3 is 12.0 Å². The van der Waals surface area contributed by atoms with E-state index in [0.29, 0.717) is 17.3 Å². The molecule has 3 N–H and O–H groups in total. The number of carbonyl (C=O) groups is 2. The molecule has 1 heterocycles. The molecule has 0 spiro atoms. The lowest BCUT2D eigenvalue weighted by atomic mass is 10.1. The Kier molecular flexibility index (Phi) is 4.57. The summed E-state index contributed by atoms with van der Waals surface area (Å²) in [5, 5.41) is 14.0. The second-order valence-electron chi connectivity index (χ2n) is 4.47. The van der Waals surface area contributed by atoms with E-state index in [4.69, 9.17) is 9.84 Å². The largest absolute Gasteiger partial charge is 0.478 e. The number of pyridine rings is 1. The second kappa shape index (κ2) is 6.57. The van der Waals surface area contributed by atoms with Gasteiger partial charge in [0.1, 0.15) is 17.3 Å². The fourth-order valence-electron chi connectivity index (χ4n) is 1.69. The number of hydrogen-bond donors (Lipinski definition) is 3. The van der Waals surface area contributed by atoms with Crippen molar-refractivity contribution in [2.75, 3.05) is 12.4 Å². The summed E-state index contributed by atoms with van der Waals surface area (Å²) in [6.07, 6.45) is 1.48. The van der Waals surface area contributed by atoms with Gasteiger partial charge in [-0.2, -0.15) is 0 Å². The zero-order valence-corrected chi connectivity index (χ0v) is 12.1. The molecule has 0 saturated carbocycles. The first-order chi connectivity index (χ1) is 10.5. The summed E-state index contributed by atoms with van der Waals surface area (Å²) >= 11 is 0. The van der Waals surface area contributed by atoms with Crippen molar-refractivity contribution in [3.63, 3.8) is 0 Å². The van der Waals surface area contributed by atoms with Crippen molar-refractivity contribution < 1.29 is 19.4 Å². The van der Waals surface area contributed by atoms with E-state index in [-0.39, 0.29) is 5.56 Å². The van der Waals surface area contributed by atoms with Crippen molar-refractivity contribution in [3.8, 4) is 11.5 Å². The SMILES string of the molecule is CNC(=O)Nc1cc(Oc2cc(C(=O)O)ccc2C)ccn1. The minimum absolute atomic E-state index is 0.137. The van der Waals surface area contributed by atoms with Crippen molar-refractivity contribution in [3.05, 3.63) is 47.7 Å². The molecule has 2 aromatic rings. The second-order valence-corrected chi connectivity index (χ2v) is 4.47. The molecule has 7 heteroatoms. The molecule has 114 valence electrons. The maximum Gasteiger partial charge on any atom is 0.335 e. The number of nitrogens with zero attached hydrogens (tertiary/aromatic N) is 1. The maximum atomic E-state index is 11.3. The van der Waals surface area contributed by atoms with Gasteiger partial charge in [-0.1, -0.05) is 6.07 Å². The van der Waals surface area contributed by atoms with Gasteiger partial charge in [0, 0.05) is 19.3 Å². The summed E-state index contributed by atoms with van der Waals surface area (Å²) in [6.45, 7) is 1.81. The van der Waals surface area contributed by atoms with Crippen LogP contribution in [0.5, 0.6) is 11.5 Å². The van der Waals surface area contributed by atoms with Gasteiger partial charge in [0.05, 0.1) is 5.56 Å². The molecule has 0 aliphatic carbocycles. The Labute approximate surface area is 126 Å². The van der Waals surface area contributed by atoms with Gasteiger partial charge in [0.15, 0.2) is 0 Å². The minimum Gasteiger partial charge on any atom is -0.478 e. The predicted octanol–water partition coefficient (Wildman–Crippen LogP) is 2.63. The first-order valence-electron chi connectivity index (χ1n) is 6.46. The molecule has 0 aliphatic heterocycles. The highest BCUT2D eigenvalue weighted by molar-refractivity contribution is 5.88. The summed E-state index contributed by atoms with van der Waals surface area (Å²) in [6, 6.07) is 7.39. The molecule has 22 heavy (non-hydrogen) atoms. The number of carboxylic acid groups (broad SMARTS) is 1. The summed E-state index contributed by atoms with van der Waals surface area (Å²) in [5.74, 6) is 0.162. The summed E-state index contributed by atoms with van der Waals surface area (Å²) in [7, 11) is 1.50. The van der Waals surface area contributed by atoms with E-state index in [1.54, 1.807) is 18.2 Å². The van der Waals surface area contributed by atoms with Crippen LogP contribution in [0.2, 0.25) is 0 Å². The zero-order valence-electron chi connectivity index (χ0n) is 12.1. The predicted molar refractivity (Wildman–Crippen MR) is 80.5 cm³/mol. The van der Waals surface area contributed by atoms with Crippen molar-refractivity contribution in [1.82, 2.24) is 10.3 Å². The lowest BCUT2D eigenvalue weighted by Gasteiger charge is -2.10. The number of amides is 2. The first kappa shape index (κ1) is 15.3. The highest BCUT2D eigenvalue weighted by Crippen LogP contribution is 2.27. The average molecular weight is 301 g/mol. The molecule has 1 aromatic heterocycles.